The van der Waals surface area contributed by atoms with Crippen molar-refractivity contribution in [1.82, 2.24) is 9.80 Å². The molecule has 2 aromatic carbocycles. The minimum absolute atomic E-state index is 0. The van der Waals surface area contributed by atoms with Crippen LogP contribution in [-0.2, 0) is 4.79 Å². The molecule has 0 spiro atoms. The lowest BCUT2D eigenvalue weighted by molar-refractivity contribution is -0.385. The van der Waals surface area contributed by atoms with Gasteiger partial charge in [0.25, 0.3) is 0 Å². The van der Waals surface area contributed by atoms with Crippen LogP contribution in [0.2, 0.25) is 0 Å². The van der Waals surface area contributed by atoms with Gasteiger partial charge in [-0.3, -0.25) is 14.9 Å². The molecule has 9 nitrogen and oxygen atoms in total. The predicted octanol–water partition coefficient (Wildman–Crippen LogP) is 4.92. The fourth-order valence-electron chi connectivity index (χ4n) is 5.21. The third-order valence-corrected chi connectivity index (χ3v) is 7.41. The molecule has 4 rings (SSSR count). The number of nitro groups is 1. The quantitative estimate of drug-likeness (QED) is 0.376. The molecular weight excluding hydrogens is 472 g/mol. The average Bonchev–Trinajstić information content (AvgIpc) is 2.92. The Labute approximate surface area is 219 Å². The molecule has 1 N–H and O–H groups in total. The Bertz CT molecular complexity index is 1030. The van der Waals surface area contributed by atoms with Gasteiger partial charge in [0.2, 0.25) is 5.91 Å². The summed E-state index contributed by atoms with van der Waals surface area (Å²) in [5, 5.41) is 14.5. The van der Waals surface area contributed by atoms with Crippen LogP contribution < -0.4 is 14.8 Å². The number of ether oxygens (including phenoxy) is 2. The normalized spacial score (nSPS) is 17.1. The number of amides is 1. The van der Waals surface area contributed by atoms with E-state index in [0.29, 0.717) is 12.3 Å². The van der Waals surface area contributed by atoms with E-state index in [9.17, 15) is 14.9 Å². The second-order valence-corrected chi connectivity index (χ2v) is 9.58. The van der Waals surface area contributed by atoms with Crippen LogP contribution in [0.4, 0.5) is 11.4 Å². The van der Waals surface area contributed by atoms with E-state index < -0.39 is 4.92 Å². The number of hydrogen-bond donors (Lipinski definition) is 1. The van der Waals surface area contributed by atoms with E-state index in [0.717, 1.165) is 69.8 Å². The van der Waals surface area contributed by atoms with Crippen molar-refractivity contribution in [3.8, 4) is 11.5 Å². The first-order valence-corrected chi connectivity index (χ1v) is 12.7. The Morgan fingerprint density at radius 3 is 2.27 bits per heavy atom. The molecule has 0 aliphatic carbocycles. The Morgan fingerprint density at radius 2 is 1.68 bits per heavy atom. The van der Waals surface area contributed by atoms with Gasteiger partial charge in [0.1, 0.15) is 5.75 Å². The highest BCUT2D eigenvalue weighted by molar-refractivity contribution is 5.76. The van der Waals surface area contributed by atoms with Crippen molar-refractivity contribution in [3.63, 3.8) is 0 Å². The van der Waals surface area contributed by atoms with Crippen LogP contribution in [0.1, 0.15) is 51.0 Å². The van der Waals surface area contributed by atoms with E-state index in [2.05, 4.69) is 22.3 Å². The molecule has 0 radical (unpaired) electrons. The number of rotatable bonds is 9. The summed E-state index contributed by atoms with van der Waals surface area (Å²) in [6, 6.07) is 13.4. The molecule has 2 saturated heterocycles. The summed E-state index contributed by atoms with van der Waals surface area (Å²) < 4.78 is 10.4. The van der Waals surface area contributed by atoms with E-state index >= 15 is 0 Å². The van der Waals surface area contributed by atoms with Gasteiger partial charge in [0, 0.05) is 49.9 Å². The first-order valence-electron chi connectivity index (χ1n) is 12.7. The first kappa shape index (κ1) is 28.2. The van der Waals surface area contributed by atoms with Crippen molar-refractivity contribution in [2.45, 2.75) is 51.5 Å². The van der Waals surface area contributed by atoms with Gasteiger partial charge >= 0.3 is 5.69 Å². The molecule has 2 aliphatic heterocycles. The zero-order chi connectivity index (χ0) is 25.5. The molecule has 2 aliphatic rings. The number of carbonyl (C=O) groups excluding carboxylic acids is 1. The zero-order valence-corrected chi connectivity index (χ0v) is 21.2. The number of nitrogens with zero attached hydrogens (tertiary/aromatic N) is 3. The van der Waals surface area contributed by atoms with Crippen LogP contribution in [0, 0.1) is 10.1 Å². The van der Waals surface area contributed by atoms with E-state index in [-0.39, 0.29) is 30.8 Å². The van der Waals surface area contributed by atoms with Crippen molar-refractivity contribution in [2.24, 2.45) is 0 Å². The number of carbonyl (C=O) groups is 1. The molecule has 9 heteroatoms. The summed E-state index contributed by atoms with van der Waals surface area (Å²) >= 11 is 0. The summed E-state index contributed by atoms with van der Waals surface area (Å²) in [7, 11) is 3.12. The summed E-state index contributed by atoms with van der Waals surface area (Å²) in [5.74, 6) is 1.93. The fourth-order valence-corrected chi connectivity index (χ4v) is 5.21. The minimum atomic E-state index is -0.449. The van der Waals surface area contributed by atoms with Crippen molar-refractivity contribution in [1.29, 1.82) is 0 Å². The van der Waals surface area contributed by atoms with Crippen molar-refractivity contribution >= 4 is 17.3 Å². The maximum Gasteiger partial charge on any atom is 0.311 e. The second kappa shape index (κ2) is 13.3. The highest BCUT2D eigenvalue weighted by Crippen LogP contribution is 2.31. The zero-order valence-electron chi connectivity index (χ0n) is 21.2. The average molecular weight is 513 g/mol. The summed E-state index contributed by atoms with van der Waals surface area (Å²) in [5.41, 5.74) is 2.11. The molecule has 2 aromatic rings. The van der Waals surface area contributed by atoms with Crippen LogP contribution in [0.25, 0.3) is 0 Å². The van der Waals surface area contributed by atoms with Crippen molar-refractivity contribution < 1.29 is 19.2 Å². The van der Waals surface area contributed by atoms with Gasteiger partial charge in [-0.15, -0.1) is 0 Å². The standard InChI is InChI=1S/C27H36N4O5.CH4/c1-35-24-6-3-20(4-7-24)21-9-14-29(15-10-21)16-13-27(32)30-17-11-22(12-18-30)28-23-5-8-25(31(33)34)26(19-23)36-2;/h3-8,19,21-22,28H,9-18H2,1-2H3;1H4. The lowest BCUT2D eigenvalue weighted by atomic mass is 9.89. The SMILES string of the molecule is C.COc1ccc(C2CCN(CCC(=O)N3CCC(Nc4ccc([N+](=O)[O-])c(OC)c4)CC3)CC2)cc1. The predicted molar refractivity (Wildman–Crippen MR) is 146 cm³/mol. The van der Waals surface area contributed by atoms with E-state index in [1.165, 1.54) is 18.7 Å². The van der Waals surface area contributed by atoms with Crippen molar-refractivity contribution in [2.75, 3.05) is 52.3 Å². The third kappa shape index (κ3) is 7.35. The molecule has 202 valence electrons. The largest absolute Gasteiger partial charge is 0.497 e. The molecule has 37 heavy (non-hydrogen) atoms. The first-order chi connectivity index (χ1) is 17.5. The summed E-state index contributed by atoms with van der Waals surface area (Å²) in [6.45, 7) is 4.30. The lowest BCUT2D eigenvalue weighted by Gasteiger charge is -2.35. The summed E-state index contributed by atoms with van der Waals surface area (Å²) in [6.07, 6.45) is 4.48. The smallest absolute Gasteiger partial charge is 0.311 e. The van der Waals surface area contributed by atoms with Crippen LogP contribution in [0.3, 0.4) is 0 Å². The molecule has 1 amide bonds. The van der Waals surface area contributed by atoms with Crippen LogP contribution in [-0.4, -0.2) is 73.6 Å². The molecule has 2 fully saturated rings. The number of methoxy groups -OCH3 is 2. The van der Waals surface area contributed by atoms with Gasteiger partial charge in [-0.1, -0.05) is 19.6 Å². The minimum Gasteiger partial charge on any atom is -0.497 e. The molecule has 0 atom stereocenters. The van der Waals surface area contributed by atoms with Crippen LogP contribution in [0.15, 0.2) is 42.5 Å². The number of benzene rings is 2. The third-order valence-electron chi connectivity index (χ3n) is 7.41. The number of nitrogens with one attached hydrogen (secondary N) is 1. The number of nitro benzene ring substituents is 1. The highest BCUT2D eigenvalue weighted by Gasteiger charge is 2.25. The highest BCUT2D eigenvalue weighted by atomic mass is 16.6. The van der Waals surface area contributed by atoms with Crippen molar-refractivity contribution in [3.05, 3.63) is 58.1 Å². The Morgan fingerprint density at radius 1 is 1.00 bits per heavy atom. The van der Waals surface area contributed by atoms with Gasteiger partial charge < -0.3 is 24.6 Å². The lowest BCUT2D eigenvalue weighted by Crippen LogP contribution is -2.43. The van der Waals surface area contributed by atoms with Crippen LogP contribution in [0.5, 0.6) is 11.5 Å². The maximum absolute atomic E-state index is 12.8. The monoisotopic (exact) mass is 512 g/mol. The van der Waals surface area contributed by atoms with Gasteiger partial charge in [0.15, 0.2) is 5.75 Å². The molecule has 0 saturated carbocycles. The van der Waals surface area contributed by atoms with Gasteiger partial charge in [-0.2, -0.15) is 0 Å². The maximum atomic E-state index is 12.8. The fraction of sp³-hybridized carbons (Fsp3) is 0.536. The molecular formula is C28H40N4O5. The molecule has 0 aromatic heterocycles. The number of hydrogen-bond acceptors (Lipinski definition) is 7. The number of likely N-dealkylation sites (tertiary alicyclic amines) is 2. The number of anilines is 1. The Balaban J connectivity index is 0.00000380. The van der Waals surface area contributed by atoms with E-state index in [1.807, 2.05) is 17.0 Å². The van der Waals surface area contributed by atoms with Crippen LogP contribution >= 0.6 is 0 Å². The molecule has 0 unspecified atom stereocenters. The van der Waals surface area contributed by atoms with Gasteiger partial charge in [-0.05, 0) is 68.5 Å². The Hall–Kier alpha value is -3.33. The molecule has 2 heterocycles. The second-order valence-electron chi connectivity index (χ2n) is 9.58. The Kier molecular flexibility index (Phi) is 10.1. The van der Waals surface area contributed by atoms with Gasteiger partial charge in [0.05, 0.1) is 19.1 Å². The van der Waals surface area contributed by atoms with Gasteiger partial charge in [-0.25, -0.2) is 0 Å². The summed E-state index contributed by atoms with van der Waals surface area (Å²) in [4.78, 5) is 27.8. The topological polar surface area (TPSA) is 97.2 Å². The van der Waals surface area contributed by atoms with E-state index in [4.69, 9.17) is 9.47 Å². The number of piperidine rings is 2. The molecule has 0 bridgehead atoms. The van der Waals surface area contributed by atoms with E-state index in [1.54, 1.807) is 19.2 Å².